The summed E-state index contributed by atoms with van der Waals surface area (Å²) in [6, 6.07) is 0. The van der Waals surface area contributed by atoms with Crippen molar-refractivity contribution >= 4 is 7.82 Å². The number of hydroxylamine groups is 1. The number of nitrogens with one attached hydrogen (secondary N) is 1. The van der Waals surface area contributed by atoms with Crippen molar-refractivity contribution < 1.29 is 18.2 Å². The Morgan fingerprint density at radius 3 is 1.38 bits per heavy atom. The van der Waals surface area contributed by atoms with Crippen molar-refractivity contribution in [3.05, 3.63) is 0 Å². The van der Waals surface area contributed by atoms with E-state index >= 15 is 0 Å². The van der Waals surface area contributed by atoms with Gasteiger partial charge in [-0.2, -0.15) is 10.1 Å². The van der Waals surface area contributed by atoms with Gasteiger partial charge in [-0.05, 0) is 20.3 Å². The van der Waals surface area contributed by atoms with Gasteiger partial charge in [0.2, 0.25) is 0 Å². The van der Waals surface area contributed by atoms with Gasteiger partial charge in [-0.15, -0.1) is 0 Å². The van der Waals surface area contributed by atoms with Crippen LogP contribution in [0.4, 0.5) is 0 Å². The third kappa shape index (κ3) is 17.5. The molecule has 0 unspecified atom stereocenters. The molecule has 158 valence electrons. The van der Waals surface area contributed by atoms with Gasteiger partial charge in [0, 0.05) is 6.54 Å². The monoisotopic (exact) mass is 393 g/mol. The number of hydrogen-bond acceptors (Lipinski definition) is 5. The molecule has 0 heterocycles. The van der Waals surface area contributed by atoms with E-state index in [2.05, 4.69) is 12.4 Å². The van der Waals surface area contributed by atoms with E-state index < -0.39 is 7.82 Å². The lowest BCUT2D eigenvalue weighted by atomic mass is 10.0. The molecular weight excluding hydrogens is 349 g/mol. The molecule has 6 heteroatoms. The Morgan fingerprint density at radius 1 is 0.615 bits per heavy atom. The van der Waals surface area contributed by atoms with Crippen LogP contribution in [-0.4, -0.2) is 19.8 Å². The third-order valence-electron chi connectivity index (χ3n) is 4.38. The van der Waals surface area contributed by atoms with Crippen LogP contribution in [0.25, 0.3) is 0 Å². The fraction of sp³-hybridized carbons (Fsp3) is 1.00. The zero-order valence-corrected chi connectivity index (χ0v) is 18.5. The average Bonchev–Trinajstić information content (AvgIpc) is 2.62. The number of hydrogen-bond donors (Lipinski definition) is 1. The van der Waals surface area contributed by atoms with Crippen molar-refractivity contribution in [2.45, 2.75) is 111 Å². The second-order valence-electron chi connectivity index (χ2n) is 6.86. The zero-order chi connectivity index (χ0) is 19.3. The van der Waals surface area contributed by atoms with Crippen molar-refractivity contribution in [1.29, 1.82) is 0 Å². The summed E-state index contributed by atoms with van der Waals surface area (Å²) in [6.07, 6.45) is 18.7. The minimum absolute atomic E-state index is 0.303. The van der Waals surface area contributed by atoms with Gasteiger partial charge >= 0.3 is 7.82 Å². The minimum Gasteiger partial charge on any atom is -0.286 e. The number of phosphoric ester groups is 1. The van der Waals surface area contributed by atoms with Crippen molar-refractivity contribution in [3.63, 3.8) is 0 Å². The highest BCUT2D eigenvalue weighted by molar-refractivity contribution is 7.48. The first-order valence-electron chi connectivity index (χ1n) is 11.0. The van der Waals surface area contributed by atoms with E-state index in [0.717, 1.165) is 6.42 Å². The Hall–Kier alpha value is 0.0700. The molecule has 0 saturated heterocycles. The van der Waals surface area contributed by atoms with Crippen LogP contribution in [0, 0.1) is 0 Å². The SMILES string of the molecule is CCCCCCCCCCCCCCCCNOP(=O)(OCC)OCC. The first-order chi connectivity index (χ1) is 12.7. The number of unbranched alkanes of at least 4 members (excludes halogenated alkanes) is 13. The van der Waals surface area contributed by atoms with Gasteiger partial charge in [-0.25, -0.2) is 4.57 Å². The smallest absolute Gasteiger partial charge is 0.286 e. The Bertz CT molecular complexity index is 319. The Labute approximate surface area is 162 Å². The van der Waals surface area contributed by atoms with Crippen molar-refractivity contribution in [3.8, 4) is 0 Å². The molecular formula is C20H44NO4P. The second kappa shape index (κ2) is 19.8. The highest BCUT2D eigenvalue weighted by Crippen LogP contribution is 2.47. The van der Waals surface area contributed by atoms with Gasteiger partial charge < -0.3 is 0 Å². The van der Waals surface area contributed by atoms with Crippen LogP contribution in [0.15, 0.2) is 0 Å². The molecule has 0 spiro atoms. The lowest BCUT2D eigenvalue weighted by molar-refractivity contribution is 0.0764. The van der Waals surface area contributed by atoms with Crippen LogP contribution in [0.1, 0.15) is 111 Å². The van der Waals surface area contributed by atoms with Crippen molar-refractivity contribution in [1.82, 2.24) is 5.48 Å². The van der Waals surface area contributed by atoms with Crippen LogP contribution in [0.5, 0.6) is 0 Å². The summed E-state index contributed by atoms with van der Waals surface area (Å²) in [7, 11) is -3.42. The van der Waals surface area contributed by atoms with E-state index in [4.69, 9.17) is 13.7 Å². The van der Waals surface area contributed by atoms with Crippen LogP contribution in [-0.2, 0) is 18.2 Å². The van der Waals surface area contributed by atoms with Crippen LogP contribution >= 0.6 is 7.82 Å². The first-order valence-corrected chi connectivity index (χ1v) is 12.4. The Kier molecular flexibility index (Phi) is 19.9. The number of phosphoric acid groups is 1. The molecule has 0 aliphatic rings. The van der Waals surface area contributed by atoms with E-state index in [0.29, 0.717) is 19.8 Å². The minimum atomic E-state index is -3.42. The van der Waals surface area contributed by atoms with Gasteiger partial charge in [0.15, 0.2) is 0 Å². The third-order valence-corrected chi connectivity index (χ3v) is 5.88. The summed E-state index contributed by atoms with van der Waals surface area (Å²) in [5.74, 6) is 0. The van der Waals surface area contributed by atoms with Gasteiger partial charge in [0.1, 0.15) is 0 Å². The highest BCUT2D eigenvalue weighted by atomic mass is 31.2. The predicted octanol–water partition coefficient (Wildman–Crippen LogP) is 7.17. The van der Waals surface area contributed by atoms with Gasteiger partial charge in [-0.1, -0.05) is 90.4 Å². The largest absolute Gasteiger partial charge is 0.491 e. The van der Waals surface area contributed by atoms with Crippen LogP contribution in [0.2, 0.25) is 0 Å². The molecule has 0 amide bonds. The van der Waals surface area contributed by atoms with Gasteiger partial charge in [0.05, 0.1) is 13.2 Å². The van der Waals surface area contributed by atoms with Crippen LogP contribution < -0.4 is 5.48 Å². The molecule has 26 heavy (non-hydrogen) atoms. The fourth-order valence-electron chi connectivity index (χ4n) is 2.92. The lowest BCUT2D eigenvalue weighted by Gasteiger charge is -2.16. The van der Waals surface area contributed by atoms with Crippen molar-refractivity contribution in [2.75, 3.05) is 19.8 Å². The molecule has 0 bridgehead atoms. The quantitative estimate of drug-likeness (QED) is 0.127. The van der Waals surface area contributed by atoms with E-state index in [1.54, 1.807) is 13.8 Å². The highest BCUT2D eigenvalue weighted by Gasteiger charge is 2.25. The van der Waals surface area contributed by atoms with Gasteiger partial charge in [-0.3, -0.25) is 9.05 Å². The van der Waals surface area contributed by atoms with E-state index in [9.17, 15) is 4.57 Å². The van der Waals surface area contributed by atoms with Crippen LogP contribution in [0.3, 0.4) is 0 Å². The van der Waals surface area contributed by atoms with E-state index in [1.807, 2.05) is 0 Å². The normalized spacial score (nSPS) is 12.0. The van der Waals surface area contributed by atoms with E-state index in [-0.39, 0.29) is 0 Å². The molecule has 0 saturated carbocycles. The van der Waals surface area contributed by atoms with Gasteiger partial charge in [0.25, 0.3) is 0 Å². The predicted molar refractivity (Wildman–Crippen MR) is 110 cm³/mol. The molecule has 0 radical (unpaired) electrons. The molecule has 0 aromatic carbocycles. The average molecular weight is 394 g/mol. The maximum Gasteiger partial charge on any atom is 0.491 e. The van der Waals surface area contributed by atoms with E-state index in [1.165, 1.54) is 83.5 Å². The molecule has 0 aromatic rings. The summed E-state index contributed by atoms with van der Waals surface area (Å²) >= 11 is 0. The molecule has 0 aliphatic heterocycles. The molecule has 0 rings (SSSR count). The maximum atomic E-state index is 12.0. The summed E-state index contributed by atoms with van der Waals surface area (Å²) in [5, 5.41) is 0. The molecule has 5 nitrogen and oxygen atoms in total. The lowest BCUT2D eigenvalue weighted by Crippen LogP contribution is -2.16. The molecule has 0 aliphatic carbocycles. The Morgan fingerprint density at radius 2 is 1.00 bits per heavy atom. The standard InChI is InChI=1S/C20H44NO4P/c1-4-7-8-9-10-11-12-13-14-15-16-17-18-19-20-21-25-26(22,23-5-2)24-6-3/h21H,4-20H2,1-3H3. The molecule has 0 aromatic heterocycles. The summed E-state index contributed by atoms with van der Waals surface area (Å²) < 4.78 is 27.2. The topological polar surface area (TPSA) is 56.8 Å². The molecule has 0 fully saturated rings. The summed E-state index contributed by atoms with van der Waals surface area (Å²) in [5.41, 5.74) is 2.73. The summed E-state index contributed by atoms with van der Waals surface area (Å²) in [4.78, 5) is 0. The molecule has 1 N–H and O–H groups in total. The van der Waals surface area contributed by atoms with Crippen molar-refractivity contribution in [2.24, 2.45) is 0 Å². The second-order valence-corrected chi connectivity index (χ2v) is 8.46. The maximum absolute atomic E-state index is 12.0. The first kappa shape index (κ1) is 26.1. The zero-order valence-electron chi connectivity index (χ0n) is 17.6. The number of rotatable bonds is 21. The summed E-state index contributed by atoms with van der Waals surface area (Å²) in [6.45, 7) is 7.08. The molecule has 0 atom stereocenters. The Balaban J connectivity index is 3.27. The fourth-order valence-corrected chi connectivity index (χ4v) is 3.98.